The molecule has 0 aromatic heterocycles. The zero-order valence-corrected chi connectivity index (χ0v) is 12.2. The van der Waals surface area contributed by atoms with Crippen LogP contribution in [0.2, 0.25) is 0 Å². The molecule has 1 heterocycles. The van der Waals surface area contributed by atoms with Crippen molar-refractivity contribution in [1.29, 1.82) is 0 Å². The predicted octanol–water partition coefficient (Wildman–Crippen LogP) is 0.498. The lowest BCUT2D eigenvalue weighted by molar-refractivity contribution is -0.139. The summed E-state index contributed by atoms with van der Waals surface area (Å²) in [6, 6.07) is -0.0419. The highest BCUT2D eigenvalue weighted by atomic mass is 16.5. The summed E-state index contributed by atoms with van der Waals surface area (Å²) in [4.78, 5) is 26.3. The van der Waals surface area contributed by atoms with Gasteiger partial charge >= 0.3 is 12.0 Å². The number of amides is 2. The molecule has 1 N–H and O–H groups in total. The second kappa shape index (κ2) is 8.76. The molecule has 0 unspecified atom stereocenters. The fraction of sp³-hybridized carbons (Fsp3) is 0.846. The van der Waals surface area contributed by atoms with E-state index in [9.17, 15) is 9.59 Å². The Labute approximate surface area is 119 Å². The molecule has 1 rings (SSSR count). The van der Waals surface area contributed by atoms with Gasteiger partial charge in [0.25, 0.3) is 0 Å². The maximum atomic E-state index is 12.3. The number of hydrogen-bond donors (Lipinski definition) is 1. The number of methoxy groups -OCH3 is 2. The zero-order valence-electron chi connectivity index (χ0n) is 12.2. The molecule has 2 amide bonds. The molecule has 1 aliphatic heterocycles. The summed E-state index contributed by atoms with van der Waals surface area (Å²) >= 11 is 0. The smallest absolute Gasteiger partial charge is 0.320 e. The highest BCUT2D eigenvalue weighted by molar-refractivity contribution is 5.76. The lowest BCUT2D eigenvalue weighted by atomic mass is 9.97. The van der Waals surface area contributed by atoms with Gasteiger partial charge in [0.2, 0.25) is 0 Å². The SMILES string of the molecule is COCCCN(CCOC)C(=O)N1CC(CC(=O)O)C1. The van der Waals surface area contributed by atoms with Gasteiger partial charge in [0.1, 0.15) is 0 Å². The summed E-state index contributed by atoms with van der Waals surface area (Å²) in [5.74, 6) is -0.724. The number of nitrogens with zero attached hydrogens (tertiary/aromatic N) is 2. The summed E-state index contributed by atoms with van der Waals surface area (Å²) in [7, 11) is 3.23. The Morgan fingerprint density at radius 2 is 1.85 bits per heavy atom. The Hall–Kier alpha value is -1.34. The fourth-order valence-electron chi connectivity index (χ4n) is 2.21. The largest absolute Gasteiger partial charge is 0.481 e. The number of rotatable bonds is 9. The lowest BCUT2D eigenvalue weighted by Crippen LogP contribution is -2.56. The Bertz CT molecular complexity index is 318. The van der Waals surface area contributed by atoms with Crippen LogP contribution in [0.3, 0.4) is 0 Å². The number of likely N-dealkylation sites (tertiary alicyclic amines) is 1. The third-order valence-corrected chi connectivity index (χ3v) is 3.30. The number of urea groups is 1. The first-order valence-corrected chi connectivity index (χ1v) is 6.82. The minimum atomic E-state index is -0.807. The first-order valence-electron chi connectivity index (χ1n) is 6.82. The van der Waals surface area contributed by atoms with Gasteiger partial charge in [-0.25, -0.2) is 4.79 Å². The van der Waals surface area contributed by atoms with E-state index in [0.717, 1.165) is 6.42 Å². The fourth-order valence-corrected chi connectivity index (χ4v) is 2.21. The Morgan fingerprint density at radius 1 is 1.20 bits per heavy atom. The number of aliphatic carboxylic acids is 1. The summed E-state index contributed by atoms with van der Waals surface area (Å²) in [6.07, 6.45) is 0.907. The molecular formula is C13H24N2O5. The topological polar surface area (TPSA) is 79.3 Å². The number of carboxylic acid groups (broad SMARTS) is 1. The Kier molecular flexibility index (Phi) is 7.32. The summed E-state index contributed by atoms with van der Waals surface area (Å²) < 4.78 is 10.0. The molecule has 0 aromatic rings. The van der Waals surface area contributed by atoms with Crippen LogP contribution in [-0.4, -0.2) is 80.5 Å². The minimum Gasteiger partial charge on any atom is -0.481 e. The first-order chi connectivity index (χ1) is 9.58. The normalized spacial score (nSPS) is 15.0. The van der Waals surface area contributed by atoms with Crippen LogP contribution < -0.4 is 0 Å². The molecular weight excluding hydrogens is 264 g/mol. The molecule has 116 valence electrons. The van der Waals surface area contributed by atoms with Crippen molar-refractivity contribution < 1.29 is 24.2 Å². The molecule has 0 spiro atoms. The van der Waals surface area contributed by atoms with Crippen LogP contribution in [0.4, 0.5) is 4.79 Å². The van der Waals surface area contributed by atoms with E-state index < -0.39 is 5.97 Å². The van der Waals surface area contributed by atoms with Crippen molar-refractivity contribution in [3.63, 3.8) is 0 Å². The molecule has 0 saturated carbocycles. The van der Waals surface area contributed by atoms with Crippen LogP contribution in [0.25, 0.3) is 0 Å². The van der Waals surface area contributed by atoms with Gasteiger partial charge in [-0.2, -0.15) is 0 Å². The van der Waals surface area contributed by atoms with E-state index in [1.807, 2.05) is 0 Å². The molecule has 0 bridgehead atoms. The maximum absolute atomic E-state index is 12.3. The Morgan fingerprint density at radius 3 is 2.40 bits per heavy atom. The van der Waals surface area contributed by atoms with Crippen molar-refractivity contribution in [2.45, 2.75) is 12.8 Å². The third kappa shape index (κ3) is 5.34. The van der Waals surface area contributed by atoms with E-state index in [1.54, 1.807) is 24.0 Å². The molecule has 0 aromatic carbocycles. The second-order valence-electron chi connectivity index (χ2n) is 4.98. The van der Waals surface area contributed by atoms with Crippen molar-refractivity contribution in [3.8, 4) is 0 Å². The number of carbonyl (C=O) groups excluding carboxylic acids is 1. The van der Waals surface area contributed by atoms with Crippen LogP contribution in [0.1, 0.15) is 12.8 Å². The average Bonchev–Trinajstić information content (AvgIpc) is 2.36. The van der Waals surface area contributed by atoms with Crippen molar-refractivity contribution in [1.82, 2.24) is 9.80 Å². The van der Waals surface area contributed by atoms with Gasteiger partial charge in [-0.3, -0.25) is 4.79 Å². The van der Waals surface area contributed by atoms with Crippen LogP contribution in [-0.2, 0) is 14.3 Å². The number of hydrogen-bond acceptors (Lipinski definition) is 4. The number of carboxylic acids is 1. The van der Waals surface area contributed by atoms with E-state index in [4.69, 9.17) is 14.6 Å². The minimum absolute atomic E-state index is 0.0419. The number of ether oxygens (including phenoxy) is 2. The van der Waals surface area contributed by atoms with Crippen LogP contribution in [0.5, 0.6) is 0 Å². The third-order valence-electron chi connectivity index (χ3n) is 3.30. The molecule has 0 atom stereocenters. The van der Waals surface area contributed by atoms with Crippen LogP contribution in [0, 0.1) is 5.92 Å². The van der Waals surface area contributed by atoms with Crippen LogP contribution >= 0.6 is 0 Å². The van der Waals surface area contributed by atoms with Crippen molar-refractivity contribution in [2.75, 3.05) is 53.6 Å². The van der Waals surface area contributed by atoms with E-state index in [2.05, 4.69) is 0 Å². The molecule has 7 heteroatoms. The summed E-state index contributed by atoms with van der Waals surface area (Å²) in [5.41, 5.74) is 0. The van der Waals surface area contributed by atoms with Crippen molar-refractivity contribution in [3.05, 3.63) is 0 Å². The van der Waals surface area contributed by atoms with Gasteiger partial charge in [-0.05, 0) is 6.42 Å². The van der Waals surface area contributed by atoms with Gasteiger partial charge in [0, 0.05) is 52.9 Å². The average molecular weight is 288 g/mol. The maximum Gasteiger partial charge on any atom is 0.320 e. The van der Waals surface area contributed by atoms with Gasteiger partial charge in [-0.1, -0.05) is 0 Å². The first kappa shape index (κ1) is 16.7. The lowest BCUT2D eigenvalue weighted by Gasteiger charge is -2.41. The molecule has 1 fully saturated rings. The quantitative estimate of drug-likeness (QED) is 0.625. The monoisotopic (exact) mass is 288 g/mol. The van der Waals surface area contributed by atoms with E-state index in [0.29, 0.717) is 39.4 Å². The van der Waals surface area contributed by atoms with E-state index in [-0.39, 0.29) is 18.4 Å². The summed E-state index contributed by atoms with van der Waals surface area (Å²) in [5, 5.41) is 8.70. The Balaban J connectivity index is 2.37. The molecule has 20 heavy (non-hydrogen) atoms. The van der Waals surface area contributed by atoms with E-state index >= 15 is 0 Å². The van der Waals surface area contributed by atoms with Crippen molar-refractivity contribution >= 4 is 12.0 Å². The highest BCUT2D eigenvalue weighted by Crippen LogP contribution is 2.20. The predicted molar refractivity (Wildman–Crippen MR) is 72.7 cm³/mol. The molecule has 1 aliphatic rings. The van der Waals surface area contributed by atoms with Crippen LogP contribution in [0.15, 0.2) is 0 Å². The molecule has 0 aliphatic carbocycles. The molecule has 0 radical (unpaired) electrons. The molecule has 7 nitrogen and oxygen atoms in total. The summed E-state index contributed by atoms with van der Waals surface area (Å²) in [6.45, 7) is 3.32. The second-order valence-corrected chi connectivity index (χ2v) is 4.98. The van der Waals surface area contributed by atoms with Gasteiger partial charge in [-0.15, -0.1) is 0 Å². The number of carbonyl (C=O) groups is 2. The zero-order chi connectivity index (χ0) is 15.0. The van der Waals surface area contributed by atoms with Gasteiger partial charge < -0.3 is 24.4 Å². The molecule has 1 saturated heterocycles. The standard InChI is InChI=1S/C13H24N2O5/c1-19-6-3-4-14(5-7-20-2)13(18)15-9-11(10-15)8-12(16)17/h11H,3-10H2,1-2H3,(H,16,17). The van der Waals surface area contributed by atoms with Crippen molar-refractivity contribution in [2.24, 2.45) is 5.92 Å². The van der Waals surface area contributed by atoms with E-state index in [1.165, 1.54) is 0 Å². The van der Waals surface area contributed by atoms with Gasteiger partial charge in [0.05, 0.1) is 13.0 Å². The highest BCUT2D eigenvalue weighted by Gasteiger charge is 2.34. The van der Waals surface area contributed by atoms with Gasteiger partial charge in [0.15, 0.2) is 0 Å².